The van der Waals surface area contributed by atoms with Crippen LogP contribution in [0.3, 0.4) is 0 Å². The fraction of sp³-hybridized carbons (Fsp3) is 0.539. The molecule has 1 aliphatic carbocycles. The van der Waals surface area contributed by atoms with Crippen molar-refractivity contribution in [2.75, 3.05) is 98.3 Å². The number of aromatic amines is 1. The number of nitrogens with one attached hydrogen (secondary N) is 10. The van der Waals surface area contributed by atoms with Gasteiger partial charge in [-0.25, -0.2) is 4.79 Å². The molecule has 1 aromatic heterocycles. The molecule has 1 saturated heterocycles. The van der Waals surface area contributed by atoms with Crippen molar-refractivity contribution in [2.45, 2.75) is 152 Å². The number of phenols is 1. The number of hydrogen-bond acceptors (Lipinski definition) is 24. The first-order chi connectivity index (χ1) is 54.7. The van der Waals surface area contributed by atoms with Crippen molar-refractivity contribution in [2.24, 2.45) is 28.3 Å². The molecule has 4 aromatic rings. The molecular weight excluding hydrogens is 1570 g/mol. The summed E-state index contributed by atoms with van der Waals surface area (Å²) < 4.78 is 0. The van der Waals surface area contributed by atoms with Gasteiger partial charge in [0.25, 0.3) is 0 Å². The first kappa shape index (κ1) is 95.7. The van der Waals surface area contributed by atoms with Gasteiger partial charge < -0.3 is 115 Å². The second kappa shape index (κ2) is 49.1. The van der Waals surface area contributed by atoms with E-state index in [1.165, 1.54) is 43.9 Å². The number of phenolic OH excluding ortho intramolecular Hbond substituents is 1. The number of aliphatic imine (C=N–C) groups is 1. The Morgan fingerprint density at radius 2 is 0.922 bits per heavy atom. The molecule has 2 heterocycles. The molecule has 6 rings (SSSR count). The van der Waals surface area contributed by atoms with Gasteiger partial charge in [0, 0.05) is 108 Å². The molecule has 39 nitrogen and oxygen atoms in total. The Bertz CT molecular complexity index is 3950. The van der Waals surface area contributed by atoms with Crippen LogP contribution in [0.2, 0.25) is 0 Å². The molecule has 0 bridgehead atoms. The molecule has 1 saturated carbocycles. The number of para-hydroxylation sites is 1. The zero-order valence-corrected chi connectivity index (χ0v) is 65.6. The van der Waals surface area contributed by atoms with Crippen LogP contribution >= 0.6 is 0 Å². The molecule has 639 valence electrons. The normalized spacial score (nSPS) is 16.5. The molecule has 20 N–H and O–H groups in total. The maximum Gasteiger partial charge on any atom is 2.00 e. The van der Waals surface area contributed by atoms with Crippen molar-refractivity contribution >= 4 is 99.9 Å². The van der Waals surface area contributed by atoms with E-state index in [0.717, 1.165) is 19.3 Å². The Morgan fingerprint density at radius 3 is 1.43 bits per heavy atom. The predicted molar refractivity (Wildman–Crippen MR) is 409 cm³/mol. The van der Waals surface area contributed by atoms with Crippen LogP contribution in [0.1, 0.15) is 94.7 Å². The number of H-pyrrole nitrogens is 1. The summed E-state index contributed by atoms with van der Waals surface area (Å²) in [6, 6.07) is 5.91. The molecule has 0 unspecified atom stereocenters. The van der Waals surface area contributed by atoms with Gasteiger partial charge in [0.2, 0.25) is 53.2 Å². The fourth-order valence-electron chi connectivity index (χ4n) is 13.5. The van der Waals surface area contributed by atoms with Crippen molar-refractivity contribution in [1.29, 1.82) is 0 Å². The van der Waals surface area contributed by atoms with Crippen molar-refractivity contribution in [1.82, 2.24) is 72.4 Å². The van der Waals surface area contributed by atoms with Crippen molar-refractivity contribution < 1.29 is 125 Å². The van der Waals surface area contributed by atoms with Crippen LogP contribution in [0.5, 0.6) is 5.75 Å². The Labute approximate surface area is 680 Å². The van der Waals surface area contributed by atoms with E-state index in [2.05, 4.69) is 57.8 Å². The average molecular weight is 1670 g/mol. The molecule has 2 fully saturated rings. The molecule has 116 heavy (non-hydrogen) atoms. The van der Waals surface area contributed by atoms with E-state index in [4.69, 9.17) is 11.5 Å². The van der Waals surface area contributed by atoms with Gasteiger partial charge in [-0.1, -0.05) is 107 Å². The van der Waals surface area contributed by atoms with Gasteiger partial charge in [0.05, 0.1) is 44.7 Å². The molecular formula is C76H107CuN17O22. The molecule has 40 heteroatoms. The Morgan fingerprint density at radius 1 is 0.491 bits per heavy atom. The smallest absolute Gasteiger partial charge is 0.549 e. The zero-order valence-electron chi connectivity index (χ0n) is 64.6. The van der Waals surface area contributed by atoms with Crippen LogP contribution < -0.4 is 69.5 Å². The van der Waals surface area contributed by atoms with Gasteiger partial charge in [0.1, 0.15) is 60.1 Å². The summed E-state index contributed by atoms with van der Waals surface area (Å²) in [6.07, 6.45) is 2.96. The Balaban J connectivity index is 0.0000240. The number of benzene rings is 3. The van der Waals surface area contributed by atoms with Crippen LogP contribution in [-0.4, -0.2) is 297 Å². The van der Waals surface area contributed by atoms with Crippen LogP contribution in [0.4, 0.5) is 0 Å². The van der Waals surface area contributed by atoms with Gasteiger partial charge in [-0.15, -0.1) is 0 Å². The monoisotopic (exact) mass is 1670 g/mol. The van der Waals surface area contributed by atoms with Gasteiger partial charge in [-0.05, 0) is 72.4 Å². The summed E-state index contributed by atoms with van der Waals surface area (Å²) in [5.41, 5.74) is 13.3. The number of hydrogen-bond donors (Lipinski definition) is 18. The number of aromatic nitrogens is 1. The Kier molecular flexibility index (Phi) is 40.5. The first-order valence-electron chi connectivity index (χ1n) is 38.1. The minimum absolute atomic E-state index is 0. The number of fused-ring (bicyclic) bond motifs is 1. The Hall–Kier alpha value is -10.9. The second-order valence-electron chi connectivity index (χ2n) is 29.1. The van der Waals surface area contributed by atoms with E-state index >= 15 is 0 Å². The topological polar surface area (TPSA) is 608 Å². The number of aliphatic carboxylic acids is 5. The zero-order chi connectivity index (χ0) is 84.3. The van der Waals surface area contributed by atoms with Crippen LogP contribution in [-0.2, 0) is 103 Å². The summed E-state index contributed by atoms with van der Waals surface area (Å²) in [4.78, 5) is 204. The first-order valence-corrected chi connectivity index (χ1v) is 38.1. The number of carbonyl (C=O) groups is 14. The number of carboxylic acid groups (broad SMARTS) is 5. The molecule has 9 amide bonds. The molecule has 1 radical (unpaired) electrons. The van der Waals surface area contributed by atoms with Crippen molar-refractivity contribution in [3.05, 3.63) is 102 Å². The largest absolute Gasteiger partial charge is 2.00 e. The number of carbonyl (C=O) groups excluding carboxylic acids is 11. The maximum atomic E-state index is 15.0. The molecule has 0 spiro atoms. The summed E-state index contributed by atoms with van der Waals surface area (Å²) in [6.45, 7) is -0.882. The number of guanidine groups is 1. The number of nitrogens with two attached hydrogens (primary N) is 2. The summed E-state index contributed by atoms with van der Waals surface area (Å²) in [7, 11) is 0. The molecule has 2 aliphatic rings. The van der Waals surface area contributed by atoms with Crippen molar-refractivity contribution in [3.8, 4) is 5.75 Å². The maximum absolute atomic E-state index is 15.0. The number of rotatable bonds is 44. The van der Waals surface area contributed by atoms with E-state index in [-0.39, 0.29) is 144 Å². The molecule has 1 aliphatic heterocycles. The fourth-order valence-corrected chi connectivity index (χ4v) is 13.5. The minimum Gasteiger partial charge on any atom is -0.549 e. The van der Waals surface area contributed by atoms with E-state index in [1.807, 2.05) is 0 Å². The summed E-state index contributed by atoms with van der Waals surface area (Å²) in [5, 5.41) is 108. The molecule has 9 atom stereocenters. The number of aliphatic hydroxyl groups excluding tert-OH is 2. The average Bonchev–Trinajstić information content (AvgIpc) is 1.64. The third-order valence-electron chi connectivity index (χ3n) is 19.5. The standard InChI is InChI=1S/C76H109N17O22.Cu/c1-45(2)32-54(68(107)87-58(72(111)89-61(44-95)75(114)115)36-49-38-80-52-17-10-9-16-51(49)52)83-69(108)57(35-48-19-21-50(96)22-20-48)84-67(106)53(18-11-23-79-76(77)78)82-74(113)60(43-94)88-71(110)56(34-47-14-7-4-8-15-47)85-70(109)55(33-46-12-5-3-6-13-46)86-73(112)59(37-63(98)99)81-62(97)39-90-24-26-91(40-64(100)101)28-30-93(42-66(104)105)31-29-92(27-25-90)41-65(102)103;/h4,7-10,14-17,19-22,38,45-46,53-61,80,94-96H,3,5-6,11-13,18,23-37,39-44H2,1-2H3,(H,81,97)(H,82,113)(H,83,108)(H,84,106)(H,85,109)(H,86,112)(H,87,107)(H,88,110)(H,89,111)(H,98,99)(H,100,101)(H,102,103)(H,104,105)(H,114,115)(H4,77,78,79);/q;+2/p-2/t53-,54+,55+,56+,57+,58+,59+,60-,61+;/m1./s1/i;1+0. The number of aliphatic hydroxyl groups is 2. The van der Waals surface area contributed by atoms with Gasteiger partial charge >= 0.3 is 35.0 Å². The second-order valence-corrected chi connectivity index (χ2v) is 29.1. The van der Waals surface area contributed by atoms with Gasteiger partial charge in [0.15, 0.2) is 5.96 Å². The van der Waals surface area contributed by atoms with Crippen molar-refractivity contribution in [3.63, 3.8) is 0 Å². The van der Waals surface area contributed by atoms with Crippen LogP contribution in [0.15, 0.2) is 90.1 Å². The quantitative estimate of drug-likeness (QED) is 0.00848. The third kappa shape index (κ3) is 33.9. The number of carboxylic acids is 5. The molecule has 3 aromatic carbocycles. The van der Waals surface area contributed by atoms with Gasteiger partial charge in [-0.3, -0.25) is 77.3 Å². The third-order valence-corrected chi connectivity index (χ3v) is 19.5. The number of aromatic hydroxyl groups is 1. The number of amides is 9. The van der Waals surface area contributed by atoms with E-state index in [9.17, 15) is 108 Å². The summed E-state index contributed by atoms with van der Waals surface area (Å²) in [5.74, 6) is -17.3. The SMILES string of the molecule is CC(C)C[C@H](NC(=O)[C@H](Cc1ccc(O)cc1)NC(=O)[C@@H](CCCN=C(N)N)NC(=O)[C@@H](CO)NC(=O)[C@H](Cc1ccccc1)NC(=O)[C@H](CC1CCCCC1)NC(=O)[C@H](CC(=O)O)NC(=O)CN1CCN(CC(=O)[O-])CCN(CC(=O)O)CCN(CC(=O)[O-])CC1)C(=O)N[C@@H](Cc1c[nH]c2ccccc12)C(=O)N[C@@H](CO)C(=O)O.[64Cu+2]. The predicted octanol–water partition coefficient (Wildman–Crippen LogP) is -6.32. The van der Waals surface area contributed by atoms with Crippen LogP contribution in [0.25, 0.3) is 10.9 Å². The van der Waals surface area contributed by atoms with E-state index < -0.39 is 183 Å². The van der Waals surface area contributed by atoms with E-state index in [1.54, 1.807) is 74.6 Å². The van der Waals surface area contributed by atoms with Gasteiger partial charge in [-0.2, -0.15) is 0 Å². The minimum atomic E-state index is -1.90. The summed E-state index contributed by atoms with van der Waals surface area (Å²) >= 11 is 0. The number of nitrogens with zero attached hydrogens (tertiary/aromatic N) is 5. The van der Waals surface area contributed by atoms with E-state index in [0.29, 0.717) is 40.4 Å². The van der Waals surface area contributed by atoms with Crippen LogP contribution in [0, 0.1) is 11.8 Å².